The van der Waals surface area contributed by atoms with Crippen LogP contribution in [0.1, 0.15) is 30.9 Å². The van der Waals surface area contributed by atoms with E-state index in [9.17, 15) is 0 Å². The SMILES string of the molecule is Cc1c(Cl)nc2ncnn2c1Sc1ccc(C(C)C)cc1. The Hall–Kier alpha value is -1.59. The minimum Gasteiger partial charge on any atom is -0.199 e. The number of halogens is 1. The maximum absolute atomic E-state index is 6.18. The van der Waals surface area contributed by atoms with Crippen LogP contribution in [0.3, 0.4) is 0 Å². The first-order chi connectivity index (χ1) is 10.1. The van der Waals surface area contributed by atoms with Crippen molar-refractivity contribution >= 4 is 29.1 Å². The summed E-state index contributed by atoms with van der Waals surface area (Å²) in [6.45, 7) is 6.32. The quantitative estimate of drug-likeness (QED) is 0.673. The van der Waals surface area contributed by atoms with Crippen molar-refractivity contribution in [3.8, 4) is 0 Å². The highest BCUT2D eigenvalue weighted by molar-refractivity contribution is 7.99. The molecule has 2 aromatic heterocycles. The highest BCUT2D eigenvalue weighted by atomic mass is 35.5. The molecule has 4 nitrogen and oxygen atoms in total. The Morgan fingerprint density at radius 1 is 1.19 bits per heavy atom. The molecular weight excluding hydrogens is 304 g/mol. The van der Waals surface area contributed by atoms with E-state index < -0.39 is 0 Å². The maximum atomic E-state index is 6.18. The van der Waals surface area contributed by atoms with E-state index in [0.717, 1.165) is 15.5 Å². The molecule has 3 rings (SSSR count). The number of nitrogens with zero attached hydrogens (tertiary/aromatic N) is 4. The molecule has 0 saturated heterocycles. The zero-order valence-corrected chi connectivity index (χ0v) is 13.6. The first kappa shape index (κ1) is 14.4. The van der Waals surface area contributed by atoms with Crippen LogP contribution in [0.2, 0.25) is 5.15 Å². The van der Waals surface area contributed by atoms with Crippen molar-refractivity contribution in [3.05, 3.63) is 46.9 Å². The second kappa shape index (κ2) is 5.66. The van der Waals surface area contributed by atoms with Crippen LogP contribution in [-0.2, 0) is 0 Å². The van der Waals surface area contributed by atoms with E-state index in [1.54, 1.807) is 16.3 Å². The van der Waals surface area contributed by atoms with Gasteiger partial charge < -0.3 is 0 Å². The van der Waals surface area contributed by atoms with Crippen molar-refractivity contribution in [2.75, 3.05) is 0 Å². The van der Waals surface area contributed by atoms with Crippen LogP contribution in [0.25, 0.3) is 5.78 Å². The van der Waals surface area contributed by atoms with E-state index in [-0.39, 0.29) is 0 Å². The largest absolute Gasteiger partial charge is 0.254 e. The van der Waals surface area contributed by atoms with Crippen LogP contribution in [0.15, 0.2) is 40.5 Å². The Balaban J connectivity index is 2.01. The molecule has 0 amide bonds. The summed E-state index contributed by atoms with van der Waals surface area (Å²) in [5.41, 5.74) is 2.24. The van der Waals surface area contributed by atoms with Crippen molar-refractivity contribution in [1.29, 1.82) is 0 Å². The highest BCUT2D eigenvalue weighted by Crippen LogP contribution is 2.33. The second-order valence-corrected chi connectivity index (χ2v) is 6.55. The molecule has 0 aliphatic rings. The molecule has 3 aromatic rings. The van der Waals surface area contributed by atoms with E-state index >= 15 is 0 Å². The summed E-state index contributed by atoms with van der Waals surface area (Å²) in [6.07, 6.45) is 1.49. The Morgan fingerprint density at radius 2 is 1.90 bits per heavy atom. The lowest BCUT2D eigenvalue weighted by Crippen LogP contribution is -1.99. The smallest absolute Gasteiger partial charge is 0.199 e. The minimum absolute atomic E-state index is 0.469. The van der Waals surface area contributed by atoms with Gasteiger partial charge in [0.15, 0.2) is 0 Å². The van der Waals surface area contributed by atoms with Gasteiger partial charge in [-0.2, -0.15) is 19.6 Å². The number of hydrogen-bond acceptors (Lipinski definition) is 4. The fourth-order valence-electron chi connectivity index (χ4n) is 2.03. The molecule has 0 aliphatic carbocycles. The Bertz CT molecular complexity index is 780. The molecule has 2 heterocycles. The van der Waals surface area contributed by atoms with Gasteiger partial charge in [0.1, 0.15) is 16.5 Å². The maximum Gasteiger partial charge on any atom is 0.254 e. The van der Waals surface area contributed by atoms with Crippen LogP contribution < -0.4 is 0 Å². The molecule has 108 valence electrons. The summed E-state index contributed by atoms with van der Waals surface area (Å²) in [5, 5.41) is 5.64. The lowest BCUT2D eigenvalue weighted by Gasteiger charge is -2.10. The molecule has 0 saturated carbocycles. The zero-order chi connectivity index (χ0) is 15.0. The molecule has 0 atom stereocenters. The summed E-state index contributed by atoms with van der Waals surface area (Å²) in [4.78, 5) is 9.46. The molecule has 0 aliphatic heterocycles. The normalized spacial score (nSPS) is 11.5. The van der Waals surface area contributed by atoms with Crippen LogP contribution in [0.4, 0.5) is 0 Å². The van der Waals surface area contributed by atoms with Crippen LogP contribution in [-0.4, -0.2) is 19.6 Å². The lowest BCUT2D eigenvalue weighted by atomic mass is 10.0. The predicted molar refractivity (Wildman–Crippen MR) is 85.2 cm³/mol. The van der Waals surface area contributed by atoms with Crippen LogP contribution in [0.5, 0.6) is 0 Å². The average molecular weight is 319 g/mol. The number of rotatable bonds is 3. The standard InChI is InChI=1S/C15H15ClN4S/c1-9(2)11-4-6-12(7-5-11)21-14-10(3)13(16)19-15-17-8-18-20(14)15/h4-9H,1-3H3. The van der Waals surface area contributed by atoms with Gasteiger partial charge in [-0.1, -0.05) is 49.3 Å². The summed E-state index contributed by atoms with van der Waals surface area (Å²) < 4.78 is 1.72. The van der Waals surface area contributed by atoms with Gasteiger partial charge in [0.25, 0.3) is 5.78 Å². The number of benzene rings is 1. The molecular formula is C15H15ClN4S. The number of fused-ring (bicyclic) bond motifs is 1. The first-order valence-electron chi connectivity index (χ1n) is 6.70. The van der Waals surface area contributed by atoms with E-state index in [4.69, 9.17) is 11.6 Å². The topological polar surface area (TPSA) is 43.1 Å². The van der Waals surface area contributed by atoms with Crippen molar-refractivity contribution in [2.45, 2.75) is 36.6 Å². The molecule has 0 unspecified atom stereocenters. The summed E-state index contributed by atoms with van der Waals surface area (Å²) in [7, 11) is 0. The Morgan fingerprint density at radius 3 is 2.57 bits per heavy atom. The van der Waals surface area contributed by atoms with Gasteiger partial charge in [0.2, 0.25) is 0 Å². The molecule has 6 heteroatoms. The monoisotopic (exact) mass is 318 g/mol. The summed E-state index contributed by atoms with van der Waals surface area (Å²) in [6, 6.07) is 8.56. The molecule has 0 radical (unpaired) electrons. The van der Waals surface area contributed by atoms with Crippen molar-refractivity contribution in [2.24, 2.45) is 0 Å². The summed E-state index contributed by atoms with van der Waals surface area (Å²) in [5.74, 6) is 1.05. The van der Waals surface area contributed by atoms with Crippen LogP contribution in [0, 0.1) is 6.92 Å². The molecule has 0 spiro atoms. The molecule has 0 N–H and O–H groups in total. The number of hydrogen-bond donors (Lipinski definition) is 0. The average Bonchev–Trinajstić information content (AvgIpc) is 2.92. The third-order valence-electron chi connectivity index (χ3n) is 3.31. The lowest BCUT2D eigenvalue weighted by molar-refractivity contribution is 0.825. The van der Waals surface area contributed by atoms with Gasteiger partial charge in [-0.3, -0.25) is 0 Å². The van der Waals surface area contributed by atoms with E-state index in [1.165, 1.54) is 11.9 Å². The molecule has 0 fully saturated rings. The third-order valence-corrected chi connectivity index (χ3v) is 4.86. The first-order valence-corrected chi connectivity index (χ1v) is 7.89. The molecule has 21 heavy (non-hydrogen) atoms. The molecule has 1 aromatic carbocycles. The Labute approximate surface area is 132 Å². The van der Waals surface area contributed by atoms with E-state index in [1.807, 2.05) is 6.92 Å². The van der Waals surface area contributed by atoms with E-state index in [0.29, 0.717) is 16.8 Å². The van der Waals surface area contributed by atoms with Crippen molar-refractivity contribution < 1.29 is 0 Å². The number of aromatic nitrogens is 4. The Kier molecular flexibility index (Phi) is 3.87. The van der Waals surface area contributed by atoms with Gasteiger partial charge in [0, 0.05) is 10.5 Å². The molecule has 0 bridgehead atoms. The third kappa shape index (κ3) is 2.76. The van der Waals surface area contributed by atoms with Gasteiger partial charge >= 0.3 is 0 Å². The van der Waals surface area contributed by atoms with Crippen molar-refractivity contribution in [3.63, 3.8) is 0 Å². The van der Waals surface area contributed by atoms with Gasteiger partial charge in [0.05, 0.1) is 0 Å². The highest BCUT2D eigenvalue weighted by Gasteiger charge is 2.13. The van der Waals surface area contributed by atoms with Gasteiger partial charge in [-0.05, 0) is 30.5 Å². The zero-order valence-electron chi connectivity index (χ0n) is 12.0. The van der Waals surface area contributed by atoms with Crippen molar-refractivity contribution in [1.82, 2.24) is 19.6 Å². The van der Waals surface area contributed by atoms with Gasteiger partial charge in [-0.25, -0.2) is 0 Å². The fraction of sp³-hybridized carbons (Fsp3) is 0.267. The van der Waals surface area contributed by atoms with Gasteiger partial charge in [-0.15, -0.1) is 0 Å². The van der Waals surface area contributed by atoms with Crippen LogP contribution >= 0.6 is 23.4 Å². The second-order valence-electron chi connectivity index (χ2n) is 5.13. The fourth-order valence-corrected chi connectivity index (χ4v) is 3.21. The minimum atomic E-state index is 0.469. The summed E-state index contributed by atoms with van der Waals surface area (Å²) >= 11 is 7.80. The van der Waals surface area contributed by atoms with E-state index in [2.05, 4.69) is 53.2 Å². The predicted octanol–water partition coefficient (Wildman–Crippen LogP) is 4.36.